The third-order valence-corrected chi connectivity index (χ3v) is 2.96. The van der Waals surface area contributed by atoms with Crippen LogP contribution >= 0.6 is 0 Å². The molecule has 1 N–H and O–H groups in total. The molecule has 3 nitrogen and oxygen atoms in total. The van der Waals surface area contributed by atoms with Crippen molar-refractivity contribution < 1.29 is 9.90 Å². The lowest BCUT2D eigenvalue weighted by Crippen LogP contribution is -2.02. The Balaban J connectivity index is 2.24. The van der Waals surface area contributed by atoms with Crippen LogP contribution < -0.4 is 0 Å². The van der Waals surface area contributed by atoms with Crippen LogP contribution in [0.5, 0.6) is 5.75 Å². The molecule has 1 aliphatic rings. The second-order valence-corrected chi connectivity index (χ2v) is 4.17. The van der Waals surface area contributed by atoms with Gasteiger partial charge in [-0.3, -0.25) is 9.78 Å². The molecule has 80 valence electrons. The molecule has 0 amide bonds. The van der Waals surface area contributed by atoms with E-state index in [4.69, 9.17) is 0 Å². The first-order valence-corrected chi connectivity index (χ1v) is 5.38. The quantitative estimate of drug-likeness (QED) is 0.780. The third-order valence-electron chi connectivity index (χ3n) is 2.96. The number of hydrogen-bond acceptors (Lipinski definition) is 3. The second-order valence-electron chi connectivity index (χ2n) is 4.17. The van der Waals surface area contributed by atoms with Crippen LogP contribution in [0.3, 0.4) is 0 Å². The van der Waals surface area contributed by atoms with Crippen molar-refractivity contribution in [1.29, 1.82) is 0 Å². The molecule has 0 spiro atoms. The van der Waals surface area contributed by atoms with Gasteiger partial charge in [-0.15, -0.1) is 0 Å². The zero-order valence-corrected chi connectivity index (χ0v) is 8.68. The third kappa shape index (κ3) is 1.36. The van der Waals surface area contributed by atoms with Gasteiger partial charge in [0.05, 0.1) is 0 Å². The van der Waals surface area contributed by atoms with Gasteiger partial charge in [-0.1, -0.05) is 6.07 Å². The number of phenols is 1. The standard InChI is InChI=1S/C13H11NO2/c15-11-6-5-10(13(16)8-3-4-8)9-2-1-7-14-12(9)11/h1-2,5-8,15H,3-4H2. The molecule has 1 aromatic carbocycles. The van der Waals surface area contributed by atoms with Gasteiger partial charge in [0.2, 0.25) is 0 Å². The number of carbonyl (C=O) groups is 1. The Morgan fingerprint density at radius 3 is 2.88 bits per heavy atom. The van der Waals surface area contributed by atoms with Gasteiger partial charge in [0.15, 0.2) is 5.78 Å². The fraction of sp³-hybridized carbons (Fsp3) is 0.231. The lowest BCUT2D eigenvalue weighted by molar-refractivity contribution is 0.0969. The number of rotatable bonds is 2. The summed E-state index contributed by atoms with van der Waals surface area (Å²) in [7, 11) is 0. The molecule has 16 heavy (non-hydrogen) atoms. The molecular formula is C13H11NO2. The Morgan fingerprint density at radius 1 is 1.31 bits per heavy atom. The number of fused-ring (bicyclic) bond motifs is 1. The summed E-state index contributed by atoms with van der Waals surface area (Å²) in [5.74, 6) is 0.494. The number of pyridine rings is 1. The monoisotopic (exact) mass is 213 g/mol. The summed E-state index contributed by atoms with van der Waals surface area (Å²) in [5.41, 5.74) is 1.19. The van der Waals surface area contributed by atoms with Gasteiger partial charge >= 0.3 is 0 Å². The van der Waals surface area contributed by atoms with Gasteiger partial charge < -0.3 is 5.11 Å². The van der Waals surface area contributed by atoms with E-state index in [0.717, 1.165) is 18.2 Å². The van der Waals surface area contributed by atoms with Crippen molar-refractivity contribution in [2.24, 2.45) is 5.92 Å². The van der Waals surface area contributed by atoms with E-state index in [-0.39, 0.29) is 17.5 Å². The summed E-state index contributed by atoms with van der Waals surface area (Å²) in [6.45, 7) is 0. The van der Waals surface area contributed by atoms with E-state index in [1.165, 1.54) is 0 Å². The average Bonchev–Trinajstić information content (AvgIpc) is 3.13. The molecule has 0 unspecified atom stereocenters. The highest BCUT2D eigenvalue weighted by molar-refractivity contribution is 6.10. The molecule has 1 fully saturated rings. The van der Waals surface area contributed by atoms with Crippen LogP contribution in [-0.4, -0.2) is 15.9 Å². The SMILES string of the molecule is O=C(c1ccc(O)c2ncccc12)C1CC1. The topological polar surface area (TPSA) is 50.2 Å². The Morgan fingerprint density at radius 2 is 2.12 bits per heavy atom. The fourth-order valence-corrected chi connectivity index (χ4v) is 1.94. The van der Waals surface area contributed by atoms with Crippen molar-refractivity contribution in [3.8, 4) is 5.75 Å². The van der Waals surface area contributed by atoms with Gasteiger partial charge in [-0.2, -0.15) is 0 Å². The maximum Gasteiger partial charge on any atom is 0.166 e. The van der Waals surface area contributed by atoms with Gasteiger partial charge in [-0.05, 0) is 31.0 Å². The normalized spacial score (nSPS) is 15.2. The Hall–Kier alpha value is -1.90. The van der Waals surface area contributed by atoms with Crippen molar-refractivity contribution >= 4 is 16.7 Å². The van der Waals surface area contributed by atoms with E-state index in [1.54, 1.807) is 24.4 Å². The molecule has 1 heterocycles. The van der Waals surface area contributed by atoms with Crippen LogP contribution in [0, 0.1) is 5.92 Å². The van der Waals surface area contributed by atoms with Crippen molar-refractivity contribution in [1.82, 2.24) is 4.98 Å². The minimum Gasteiger partial charge on any atom is -0.506 e. The number of aromatic hydroxyl groups is 1. The van der Waals surface area contributed by atoms with Crippen molar-refractivity contribution in [2.45, 2.75) is 12.8 Å². The zero-order valence-electron chi connectivity index (χ0n) is 8.68. The predicted octanol–water partition coefficient (Wildman–Crippen LogP) is 2.53. The highest BCUT2D eigenvalue weighted by atomic mass is 16.3. The maximum atomic E-state index is 12.0. The molecule has 1 aliphatic carbocycles. The molecule has 2 aromatic rings. The van der Waals surface area contributed by atoms with Gasteiger partial charge in [0.1, 0.15) is 11.3 Å². The fourth-order valence-electron chi connectivity index (χ4n) is 1.94. The van der Waals surface area contributed by atoms with E-state index in [0.29, 0.717) is 11.1 Å². The van der Waals surface area contributed by atoms with Crippen LogP contribution in [0.4, 0.5) is 0 Å². The summed E-state index contributed by atoms with van der Waals surface area (Å²) in [6.07, 6.45) is 3.59. The van der Waals surface area contributed by atoms with Gasteiger partial charge in [0, 0.05) is 23.1 Å². The lowest BCUT2D eigenvalue weighted by atomic mass is 10.0. The van der Waals surface area contributed by atoms with E-state index >= 15 is 0 Å². The van der Waals surface area contributed by atoms with Crippen LogP contribution in [-0.2, 0) is 0 Å². The number of carbonyl (C=O) groups excluding carboxylic acids is 1. The zero-order chi connectivity index (χ0) is 11.1. The Kier molecular flexibility index (Phi) is 1.93. The molecule has 3 rings (SSSR count). The number of phenolic OH excluding ortho intramolecular Hbond substituents is 1. The van der Waals surface area contributed by atoms with Gasteiger partial charge in [0.25, 0.3) is 0 Å². The predicted molar refractivity (Wildman–Crippen MR) is 60.5 cm³/mol. The van der Waals surface area contributed by atoms with Crippen molar-refractivity contribution in [2.75, 3.05) is 0 Å². The van der Waals surface area contributed by atoms with E-state index in [2.05, 4.69) is 4.98 Å². The second kappa shape index (κ2) is 3.30. The number of Topliss-reactive ketones (excluding diaryl/α,β-unsaturated/α-hetero) is 1. The van der Waals surface area contributed by atoms with Crippen LogP contribution in [0.1, 0.15) is 23.2 Å². The van der Waals surface area contributed by atoms with E-state index < -0.39 is 0 Å². The first-order valence-electron chi connectivity index (χ1n) is 5.38. The molecule has 0 radical (unpaired) electrons. The number of hydrogen-bond donors (Lipinski definition) is 1. The van der Waals surface area contributed by atoms with E-state index in [1.807, 2.05) is 6.07 Å². The van der Waals surface area contributed by atoms with Gasteiger partial charge in [-0.25, -0.2) is 0 Å². The molecule has 0 atom stereocenters. The minimum atomic E-state index is 0.128. The highest BCUT2D eigenvalue weighted by Gasteiger charge is 2.31. The summed E-state index contributed by atoms with van der Waals surface area (Å²) >= 11 is 0. The van der Waals surface area contributed by atoms with Crippen LogP contribution in [0.15, 0.2) is 30.5 Å². The Labute approximate surface area is 92.7 Å². The molecule has 3 heteroatoms. The lowest BCUT2D eigenvalue weighted by Gasteiger charge is -2.05. The Bertz CT molecular complexity index is 573. The summed E-state index contributed by atoms with van der Waals surface area (Å²) in [6, 6.07) is 6.86. The van der Waals surface area contributed by atoms with E-state index in [9.17, 15) is 9.90 Å². The van der Waals surface area contributed by atoms with Crippen molar-refractivity contribution in [3.63, 3.8) is 0 Å². The first kappa shape index (κ1) is 9.33. The smallest absolute Gasteiger partial charge is 0.166 e. The molecular weight excluding hydrogens is 202 g/mol. The number of aromatic nitrogens is 1. The molecule has 1 aromatic heterocycles. The molecule has 0 bridgehead atoms. The summed E-state index contributed by atoms with van der Waals surface area (Å²) in [4.78, 5) is 16.1. The van der Waals surface area contributed by atoms with Crippen LogP contribution in [0.25, 0.3) is 10.9 Å². The minimum absolute atomic E-state index is 0.128. The first-order chi connectivity index (χ1) is 7.77. The average molecular weight is 213 g/mol. The largest absolute Gasteiger partial charge is 0.506 e. The van der Waals surface area contributed by atoms with Crippen molar-refractivity contribution in [3.05, 3.63) is 36.0 Å². The number of nitrogens with zero attached hydrogens (tertiary/aromatic N) is 1. The number of ketones is 1. The highest BCUT2D eigenvalue weighted by Crippen LogP contribution is 2.35. The molecule has 0 saturated heterocycles. The summed E-state index contributed by atoms with van der Waals surface area (Å²) in [5, 5.41) is 10.4. The molecule has 0 aliphatic heterocycles. The number of benzene rings is 1. The maximum absolute atomic E-state index is 12.0. The molecule has 1 saturated carbocycles. The van der Waals surface area contributed by atoms with Crippen LogP contribution in [0.2, 0.25) is 0 Å². The summed E-state index contributed by atoms with van der Waals surface area (Å²) < 4.78 is 0.